The minimum absolute atomic E-state index is 0.0746. The van der Waals surface area contributed by atoms with Crippen LogP contribution < -0.4 is 11.0 Å². The second-order valence-corrected chi connectivity index (χ2v) is 7.02. The van der Waals surface area contributed by atoms with Crippen LogP contribution in [0.3, 0.4) is 0 Å². The molecule has 0 atom stereocenters. The predicted octanol–water partition coefficient (Wildman–Crippen LogP) is 1.58. The molecule has 5 heterocycles. The van der Waals surface area contributed by atoms with Crippen molar-refractivity contribution in [3.8, 4) is 0 Å². The molecule has 0 bridgehead atoms. The SMILES string of the molecule is Cc1cn2ncnc2cc1Nc1ncc2c(n1)n(C1CCOCC1)c(=O)n2C. The molecule has 0 saturated carbocycles. The number of pyridine rings is 1. The Morgan fingerprint density at radius 3 is 2.89 bits per heavy atom. The first-order valence-corrected chi connectivity index (χ1v) is 9.20. The summed E-state index contributed by atoms with van der Waals surface area (Å²) in [6.45, 7) is 3.28. The summed E-state index contributed by atoms with van der Waals surface area (Å²) in [4.78, 5) is 26.1. The van der Waals surface area contributed by atoms with Crippen LogP contribution in [0.5, 0.6) is 0 Å². The number of aryl methyl sites for hydroxylation is 2. The van der Waals surface area contributed by atoms with Crippen LogP contribution in [0.4, 0.5) is 11.6 Å². The number of hydrogen-bond acceptors (Lipinski definition) is 7. The van der Waals surface area contributed by atoms with Crippen molar-refractivity contribution in [1.29, 1.82) is 0 Å². The van der Waals surface area contributed by atoms with E-state index in [4.69, 9.17) is 4.74 Å². The number of aromatic nitrogens is 7. The molecule has 4 aromatic rings. The van der Waals surface area contributed by atoms with Crippen molar-refractivity contribution in [3.05, 3.63) is 40.8 Å². The van der Waals surface area contributed by atoms with Crippen molar-refractivity contribution >= 4 is 28.4 Å². The van der Waals surface area contributed by atoms with E-state index in [1.165, 1.54) is 6.33 Å². The fraction of sp³-hybridized carbons (Fsp3) is 0.389. The van der Waals surface area contributed by atoms with Gasteiger partial charge in [0.1, 0.15) is 11.8 Å². The lowest BCUT2D eigenvalue weighted by Crippen LogP contribution is -2.30. The van der Waals surface area contributed by atoms with Gasteiger partial charge in [-0.25, -0.2) is 19.3 Å². The first kappa shape index (κ1) is 16.9. The van der Waals surface area contributed by atoms with Crippen molar-refractivity contribution in [2.45, 2.75) is 25.8 Å². The van der Waals surface area contributed by atoms with Gasteiger partial charge in [-0.1, -0.05) is 0 Å². The first-order valence-electron chi connectivity index (χ1n) is 9.20. The van der Waals surface area contributed by atoms with E-state index in [0.29, 0.717) is 30.3 Å². The van der Waals surface area contributed by atoms with Gasteiger partial charge in [0.2, 0.25) is 5.95 Å². The quantitative estimate of drug-likeness (QED) is 0.575. The Morgan fingerprint density at radius 1 is 1.25 bits per heavy atom. The molecule has 10 heteroatoms. The molecule has 0 aromatic carbocycles. The van der Waals surface area contributed by atoms with Crippen LogP contribution in [0.25, 0.3) is 16.8 Å². The highest BCUT2D eigenvalue weighted by atomic mass is 16.5. The number of ether oxygens (including phenoxy) is 1. The summed E-state index contributed by atoms with van der Waals surface area (Å²) in [6, 6.07) is 1.98. The monoisotopic (exact) mass is 380 g/mol. The van der Waals surface area contributed by atoms with E-state index in [-0.39, 0.29) is 11.7 Å². The summed E-state index contributed by atoms with van der Waals surface area (Å²) in [5, 5.41) is 7.39. The van der Waals surface area contributed by atoms with Gasteiger partial charge >= 0.3 is 5.69 Å². The summed E-state index contributed by atoms with van der Waals surface area (Å²) in [6.07, 6.45) is 6.69. The fourth-order valence-corrected chi connectivity index (χ4v) is 3.68. The number of nitrogens with zero attached hydrogens (tertiary/aromatic N) is 7. The van der Waals surface area contributed by atoms with Gasteiger partial charge in [-0.05, 0) is 25.3 Å². The second kappa shape index (κ2) is 6.41. The zero-order chi connectivity index (χ0) is 19.3. The average Bonchev–Trinajstić information content (AvgIpc) is 3.25. The van der Waals surface area contributed by atoms with Gasteiger partial charge < -0.3 is 10.1 Å². The molecule has 10 nitrogen and oxygen atoms in total. The summed E-state index contributed by atoms with van der Waals surface area (Å²) in [7, 11) is 1.75. The largest absolute Gasteiger partial charge is 0.381 e. The molecule has 0 unspecified atom stereocenters. The lowest BCUT2D eigenvalue weighted by Gasteiger charge is -2.22. The van der Waals surface area contributed by atoms with E-state index in [9.17, 15) is 4.79 Å². The molecule has 0 radical (unpaired) electrons. The van der Waals surface area contributed by atoms with Gasteiger partial charge in [0.05, 0.1) is 6.20 Å². The molecule has 0 aliphatic carbocycles. The zero-order valence-corrected chi connectivity index (χ0v) is 15.7. The van der Waals surface area contributed by atoms with Gasteiger partial charge in [0.15, 0.2) is 11.3 Å². The maximum Gasteiger partial charge on any atom is 0.330 e. The molecule has 1 fully saturated rings. The highest BCUT2D eigenvalue weighted by Crippen LogP contribution is 2.25. The molecule has 1 N–H and O–H groups in total. The Hall–Kier alpha value is -3.27. The Balaban J connectivity index is 1.58. The van der Waals surface area contributed by atoms with Crippen LogP contribution >= 0.6 is 0 Å². The smallest absolute Gasteiger partial charge is 0.330 e. The van der Waals surface area contributed by atoms with Crippen molar-refractivity contribution in [1.82, 2.24) is 33.7 Å². The molecule has 1 aliphatic heterocycles. The van der Waals surface area contributed by atoms with Gasteiger partial charge in [0.25, 0.3) is 0 Å². The second-order valence-electron chi connectivity index (χ2n) is 7.02. The van der Waals surface area contributed by atoms with E-state index in [1.807, 2.05) is 19.2 Å². The van der Waals surface area contributed by atoms with Crippen LogP contribution in [-0.2, 0) is 11.8 Å². The number of rotatable bonds is 3. The molecular weight excluding hydrogens is 360 g/mol. The van der Waals surface area contributed by atoms with Gasteiger partial charge in [-0.2, -0.15) is 10.1 Å². The minimum Gasteiger partial charge on any atom is -0.381 e. The van der Waals surface area contributed by atoms with Crippen molar-refractivity contribution in [2.24, 2.45) is 7.05 Å². The maximum absolute atomic E-state index is 12.8. The van der Waals surface area contributed by atoms with Crippen LogP contribution in [0, 0.1) is 6.92 Å². The average molecular weight is 380 g/mol. The normalized spacial score (nSPS) is 15.5. The Bertz CT molecular complexity index is 1230. The van der Waals surface area contributed by atoms with Crippen LogP contribution in [0.1, 0.15) is 24.4 Å². The standard InChI is InChI=1S/C18H20N8O2/c1-11-9-25-15(20-10-21-25)7-13(11)22-17-19-8-14-16(23-17)26(18(27)24(14)2)12-3-5-28-6-4-12/h7-10,12H,3-6H2,1-2H3,(H,19,22,23). The Labute approximate surface area is 159 Å². The van der Waals surface area contributed by atoms with Crippen molar-refractivity contribution in [2.75, 3.05) is 18.5 Å². The summed E-state index contributed by atoms with van der Waals surface area (Å²) < 4.78 is 10.5. The molecule has 144 valence electrons. The summed E-state index contributed by atoms with van der Waals surface area (Å²) in [5.41, 5.74) is 3.83. The third-order valence-electron chi connectivity index (χ3n) is 5.25. The topological polar surface area (TPSA) is 104 Å². The maximum atomic E-state index is 12.8. The number of anilines is 2. The number of nitrogens with one attached hydrogen (secondary N) is 1. The van der Waals surface area contributed by atoms with E-state index < -0.39 is 0 Å². The highest BCUT2D eigenvalue weighted by molar-refractivity contribution is 5.73. The third kappa shape index (κ3) is 2.64. The molecule has 5 rings (SSSR count). The molecule has 1 aliphatic rings. The Morgan fingerprint density at radius 2 is 2.07 bits per heavy atom. The highest BCUT2D eigenvalue weighted by Gasteiger charge is 2.23. The molecule has 28 heavy (non-hydrogen) atoms. The van der Waals surface area contributed by atoms with Gasteiger partial charge in [0, 0.05) is 44.3 Å². The number of fused-ring (bicyclic) bond motifs is 2. The predicted molar refractivity (Wildman–Crippen MR) is 103 cm³/mol. The molecule has 0 spiro atoms. The molecule has 0 amide bonds. The zero-order valence-electron chi connectivity index (χ0n) is 15.7. The van der Waals surface area contributed by atoms with Gasteiger partial charge in [-0.3, -0.25) is 9.13 Å². The summed E-state index contributed by atoms with van der Waals surface area (Å²) >= 11 is 0. The van der Waals surface area contributed by atoms with E-state index >= 15 is 0 Å². The number of hydrogen-bond donors (Lipinski definition) is 1. The number of imidazole rings is 1. The lowest BCUT2D eigenvalue weighted by molar-refractivity contribution is 0.0695. The Kier molecular flexibility index (Phi) is 3.86. The molecular formula is C18H20N8O2. The molecule has 4 aromatic heterocycles. The van der Waals surface area contributed by atoms with Crippen LogP contribution in [0.15, 0.2) is 29.6 Å². The first-order chi connectivity index (χ1) is 13.6. The van der Waals surface area contributed by atoms with Crippen molar-refractivity contribution < 1.29 is 4.74 Å². The van der Waals surface area contributed by atoms with E-state index in [0.717, 1.165) is 29.7 Å². The summed E-state index contributed by atoms with van der Waals surface area (Å²) in [5.74, 6) is 0.436. The fourth-order valence-electron chi connectivity index (χ4n) is 3.68. The third-order valence-corrected chi connectivity index (χ3v) is 5.25. The van der Waals surface area contributed by atoms with Crippen LogP contribution in [0.2, 0.25) is 0 Å². The molecule has 1 saturated heterocycles. The lowest BCUT2D eigenvalue weighted by atomic mass is 10.1. The van der Waals surface area contributed by atoms with E-state index in [1.54, 1.807) is 26.9 Å². The van der Waals surface area contributed by atoms with Gasteiger partial charge in [-0.15, -0.1) is 0 Å². The van der Waals surface area contributed by atoms with Crippen molar-refractivity contribution in [3.63, 3.8) is 0 Å². The van der Waals surface area contributed by atoms with E-state index in [2.05, 4.69) is 25.4 Å². The minimum atomic E-state index is -0.0746. The van der Waals surface area contributed by atoms with Crippen LogP contribution in [-0.4, -0.2) is 46.9 Å².